The average Bonchev–Trinajstić information content (AvgIpc) is 3.55. The zero-order valence-electron chi connectivity index (χ0n) is 19.7. The minimum Gasteiger partial charge on any atom is -0.364 e. The monoisotopic (exact) mass is 489 g/mol. The number of amides is 1. The lowest BCUT2D eigenvalue weighted by molar-refractivity contribution is -0.120. The fourth-order valence-corrected chi connectivity index (χ4v) is 4.87. The van der Waals surface area contributed by atoms with E-state index in [0.717, 1.165) is 53.7 Å². The van der Waals surface area contributed by atoms with E-state index < -0.39 is 0 Å². The van der Waals surface area contributed by atoms with Crippen LogP contribution >= 0.6 is 11.3 Å². The molecule has 5 heterocycles. The molecule has 1 fully saturated rings. The van der Waals surface area contributed by atoms with Gasteiger partial charge in [-0.1, -0.05) is 23.5 Å². The number of piperidine rings is 1. The van der Waals surface area contributed by atoms with Crippen LogP contribution in [0.1, 0.15) is 29.7 Å². The Hall–Kier alpha value is -3.86. The maximum atomic E-state index is 12.7. The standard InChI is InChI=1S/C24H27N9OS/c1-16-5-6-20(26-14-16)27-15-19-7-11-28-33(19)24-31-30-23(35-24)32-12-8-18(9-13-32)22(34)29-21-17(2)4-3-10-25-21/h3-7,10-11,14,18H,8-9,12-13,15H2,1-2H3,(H,26,27)(H,25,29,34). The molecule has 1 aliphatic heterocycles. The van der Waals surface area contributed by atoms with E-state index in [9.17, 15) is 4.79 Å². The Bertz CT molecular complexity index is 1290. The van der Waals surface area contributed by atoms with Crippen molar-refractivity contribution < 1.29 is 4.79 Å². The molecule has 0 aromatic carbocycles. The molecule has 0 atom stereocenters. The molecule has 2 N–H and O–H groups in total. The Morgan fingerprint density at radius 3 is 2.66 bits per heavy atom. The van der Waals surface area contributed by atoms with Crippen molar-refractivity contribution in [1.29, 1.82) is 0 Å². The van der Waals surface area contributed by atoms with Crippen molar-refractivity contribution in [2.75, 3.05) is 28.6 Å². The van der Waals surface area contributed by atoms with Crippen LogP contribution in [0.3, 0.4) is 0 Å². The van der Waals surface area contributed by atoms with Crippen LogP contribution in [0.2, 0.25) is 0 Å². The molecule has 1 saturated heterocycles. The molecular weight excluding hydrogens is 462 g/mol. The predicted molar refractivity (Wildman–Crippen MR) is 136 cm³/mol. The van der Waals surface area contributed by atoms with Gasteiger partial charge in [0.1, 0.15) is 11.6 Å². The summed E-state index contributed by atoms with van der Waals surface area (Å²) in [6, 6.07) is 9.74. The molecule has 4 aromatic heterocycles. The van der Waals surface area contributed by atoms with Crippen molar-refractivity contribution in [3.05, 3.63) is 65.7 Å². The zero-order valence-corrected chi connectivity index (χ0v) is 20.5. The second kappa shape index (κ2) is 10.2. The maximum Gasteiger partial charge on any atom is 0.234 e. The minimum atomic E-state index is -0.0424. The number of carbonyl (C=O) groups excluding carboxylic acids is 1. The highest BCUT2D eigenvalue weighted by Crippen LogP contribution is 2.28. The third-order valence-corrected chi connectivity index (χ3v) is 7.01. The van der Waals surface area contributed by atoms with Gasteiger partial charge in [-0.15, -0.1) is 10.2 Å². The number of rotatable bonds is 7. The van der Waals surface area contributed by atoms with E-state index in [-0.39, 0.29) is 11.8 Å². The van der Waals surface area contributed by atoms with Crippen molar-refractivity contribution in [2.45, 2.75) is 33.2 Å². The van der Waals surface area contributed by atoms with Gasteiger partial charge in [-0.3, -0.25) is 4.79 Å². The Balaban J connectivity index is 1.18. The topological polar surface area (TPSA) is 114 Å². The molecule has 11 heteroatoms. The molecule has 10 nitrogen and oxygen atoms in total. The van der Waals surface area contributed by atoms with E-state index in [1.807, 2.05) is 50.4 Å². The molecule has 180 valence electrons. The van der Waals surface area contributed by atoms with E-state index >= 15 is 0 Å². The average molecular weight is 490 g/mol. The number of anilines is 3. The summed E-state index contributed by atoms with van der Waals surface area (Å²) >= 11 is 1.50. The summed E-state index contributed by atoms with van der Waals surface area (Å²) in [4.78, 5) is 23.6. The van der Waals surface area contributed by atoms with Crippen LogP contribution in [-0.4, -0.2) is 48.9 Å². The number of hydrogen-bond acceptors (Lipinski definition) is 9. The molecule has 1 amide bonds. The van der Waals surface area contributed by atoms with Crippen LogP contribution in [0.4, 0.5) is 16.8 Å². The van der Waals surface area contributed by atoms with Crippen molar-refractivity contribution >= 4 is 34.0 Å². The van der Waals surface area contributed by atoms with Gasteiger partial charge in [0, 0.05) is 37.6 Å². The van der Waals surface area contributed by atoms with Gasteiger partial charge in [-0.25, -0.2) is 14.6 Å². The summed E-state index contributed by atoms with van der Waals surface area (Å²) in [5.74, 6) is 1.43. The largest absolute Gasteiger partial charge is 0.364 e. The van der Waals surface area contributed by atoms with Crippen molar-refractivity contribution in [2.24, 2.45) is 5.92 Å². The van der Waals surface area contributed by atoms with E-state index in [1.54, 1.807) is 17.1 Å². The Labute approximate surface area is 207 Å². The normalized spacial score (nSPS) is 14.2. The first kappa shape index (κ1) is 22.9. The smallest absolute Gasteiger partial charge is 0.234 e. The van der Waals surface area contributed by atoms with Gasteiger partial charge in [-0.05, 0) is 56.0 Å². The second-order valence-corrected chi connectivity index (χ2v) is 9.53. The van der Waals surface area contributed by atoms with E-state index in [0.29, 0.717) is 17.5 Å². The lowest BCUT2D eigenvalue weighted by Gasteiger charge is -2.30. The van der Waals surface area contributed by atoms with Crippen LogP contribution in [0.15, 0.2) is 48.9 Å². The number of carbonyl (C=O) groups is 1. The molecule has 0 spiro atoms. The quantitative estimate of drug-likeness (QED) is 0.405. The summed E-state index contributed by atoms with van der Waals surface area (Å²) in [7, 11) is 0. The number of pyridine rings is 2. The fraction of sp³-hybridized carbons (Fsp3) is 0.333. The van der Waals surface area contributed by atoms with Crippen molar-refractivity contribution in [3.8, 4) is 5.13 Å². The second-order valence-electron chi connectivity index (χ2n) is 8.60. The van der Waals surface area contributed by atoms with E-state index in [4.69, 9.17) is 0 Å². The maximum absolute atomic E-state index is 12.7. The lowest BCUT2D eigenvalue weighted by Crippen LogP contribution is -2.38. The van der Waals surface area contributed by atoms with Crippen LogP contribution in [0, 0.1) is 19.8 Å². The summed E-state index contributed by atoms with van der Waals surface area (Å²) in [5, 5.41) is 21.1. The molecule has 0 aliphatic carbocycles. The molecule has 5 rings (SSSR count). The summed E-state index contributed by atoms with van der Waals surface area (Å²) in [6.45, 7) is 6.03. The molecule has 0 saturated carbocycles. The number of nitrogens with one attached hydrogen (secondary N) is 2. The Morgan fingerprint density at radius 2 is 1.89 bits per heavy atom. The first-order chi connectivity index (χ1) is 17.1. The van der Waals surface area contributed by atoms with Gasteiger partial charge < -0.3 is 15.5 Å². The third kappa shape index (κ3) is 5.29. The van der Waals surface area contributed by atoms with Crippen LogP contribution in [-0.2, 0) is 11.3 Å². The number of aryl methyl sites for hydroxylation is 2. The van der Waals surface area contributed by atoms with E-state index in [2.05, 4.69) is 40.8 Å². The van der Waals surface area contributed by atoms with Crippen LogP contribution in [0.5, 0.6) is 0 Å². The first-order valence-electron chi connectivity index (χ1n) is 11.6. The molecule has 4 aromatic rings. The highest BCUT2D eigenvalue weighted by molar-refractivity contribution is 7.17. The molecule has 1 aliphatic rings. The zero-order chi connectivity index (χ0) is 24.2. The van der Waals surface area contributed by atoms with Gasteiger partial charge in [0.2, 0.25) is 16.2 Å². The minimum absolute atomic E-state index is 0.0288. The summed E-state index contributed by atoms with van der Waals surface area (Å²) in [5.41, 5.74) is 3.05. The van der Waals surface area contributed by atoms with Gasteiger partial charge in [0.05, 0.1) is 12.2 Å². The van der Waals surface area contributed by atoms with Crippen LogP contribution in [0.25, 0.3) is 5.13 Å². The summed E-state index contributed by atoms with van der Waals surface area (Å²) < 4.78 is 1.80. The number of nitrogens with zero attached hydrogens (tertiary/aromatic N) is 7. The Kier molecular flexibility index (Phi) is 6.66. The molecule has 0 unspecified atom stereocenters. The van der Waals surface area contributed by atoms with E-state index in [1.165, 1.54) is 11.3 Å². The number of hydrogen-bond donors (Lipinski definition) is 2. The first-order valence-corrected chi connectivity index (χ1v) is 12.4. The highest BCUT2D eigenvalue weighted by atomic mass is 32.1. The van der Waals surface area contributed by atoms with Gasteiger partial charge in [0.15, 0.2) is 0 Å². The summed E-state index contributed by atoms with van der Waals surface area (Å²) in [6.07, 6.45) is 6.80. The molecule has 35 heavy (non-hydrogen) atoms. The van der Waals surface area contributed by atoms with Crippen molar-refractivity contribution in [3.63, 3.8) is 0 Å². The van der Waals surface area contributed by atoms with Crippen molar-refractivity contribution in [1.82, 2.24) is 29.9 Å². The van der Waals surface area contributed by atoms with Crippen LogP contribution < -0.4 is 15.5 Å². The predicted octanol–water partition coefficient (Wildman–Crippen LogP) is 3.60. The van der Waals surface area contributed by atoms with Gasteiger partial charge >= 0.3 is 0 Å². The SMILES string of the molecule is Cc1ccc(NCc2ccnn2-c2nnc(N3CCC(C(=O)Nc4ncccc4C)CC3)s2)nc1. The molecule has 0 bridgehead atoms. The highest BCUT2D eigenvalue weighted by Gasteiger charge is 2.27. The molecular formula is C24H27N9OS. The molecule has 0 radical (unpaired) electrons. The third-order valence-electron chi connectivity index (χ3n) is 6.06. The fourth-order valence-electron chi connectivity index (χ4n) is 3.98. The van der Waals surface area contributed by atoms with Gasteiger partial charge in [-0.2, -0.15) is 5.10 Å². The lowest BCUT2D eigenvalue weighted by atomic mass is 9.96. The number of aromatic nitrogens is 6. The van der Waals surface area contributed by atoms with Gasteiger partial charge in [0.25, 0.3) is 0 Å². The Morgan fingerprint density at radius 1 is 1.06 bits per heavy atom.